The maximum absolute atomic E-state index is 11.8. The number of hydrogen-bond acceptors (Lipinski definition) is 3. The quantitative estimate of drug-likeness (QED) is 0.438. The van der Waals surface area contributed by atoms with Gasteiger partial charge in [0.2, 0.25) is 0 Å². The van der Waals surface area contributed by atoms with Gasteiger partial charge in [-0.3, -0.25) is 4.79 Å². The molecule has 19 heavy (non-hydrogen) atoms. The van der Waals surface area contributed by atoms with Gasteiger partial charge in [-0.1, -0.05) is 0 Å². The van der Waals surface area contributed by atoms with E-state index in [9.17, 15) is 9.90 Å². The second kappa shape index (κ2) is 4.18. The summed E-state index contributed by atoms with van der Waals surface area (Å²) in [4.78, 5) is 15.2. The Morgan fingerprint density at radius 2 is 2.16 bits per heavy atom. The van der Waals surface area contributed by atoms with Gasteiger partial charge in [0.25, 0.3) is 5.91 Å². The fourth-order valence-electron chi connectivity index (χ4n) is 2.26. The highest BCUT2D eigenvalue weighted by atomic mass is 32.1. The highest BCUT2D eigenvalue weighted by molar-refractivity contribution is 7.07. The first-order chi connectivity index (χ1) is 9.06. The standard InChI is InChI=1S/C13H11N3O2S/c14-13(15)16-12(18)7-3-6-5-10-8(1-2-19-10)11(6)9(17)4-7/h1-5,9,17H,(H4,14,15,16,18). The van der Waals surface area contributed by atoms with Gasteiger partial charge in [-0.25, -0.2) is 0 Å². The Morgan fingerprint density at radius 3 is 2.89 bits per heavy atom. The third-order valence-corrected chi connectivity index (χ3v) is 3.87. The van der Waals surface area contributed by atoms with Gasteiger partial charge in [0, 0.05) is 15.7 Å². The number of carbonyl (C=O) groups excluding carboxylic acids is 1. The van der Waals surface area contributed by atoms with Crippen LogP contribution in [-0.4, -0.2) is 23.1 Å². The number of hydrogen-bond donors (Lipinski definition) is 3. The Hall–Kier alpha value is -2.18. The van der Waals surface area contributed by atoms with Gasteiger partial charge in [0.05, 0.1) is 6.10 Å². The Bertz CT molecular complexity index is 779. The fraction of sp³-hybridized carbons (Fsp3) is 0.0769. The van der Waals surface area contributed by atoms with Crippen LogP contribution in [0.25, 0.3) is 11.6 Å². The summed E-state index contributed by atoms with van der Waals surface area (Å²) in [5.74, 6) is -0.836. The van der Waals surface area contributed by atoms with E-state index >= 15 is 0 Å². The van der Waals surface area contributed by atoms with Crippen molar-refractivity contribution in [2.75, 3.05) is 0 Å². The van der Waals surface area contributed by atoms with Crippen LogP contribution in [0, 0.1) is 0 Å². The predicted octanol–water partition coefficient (Wildman–Crippen LogP) is -1.28. The highest BCUT2D eigenvalue weighted by Gasteiger charge is 2.24. The van der Waals surface area contributed by atoms with Crippen LogP contribution >= 0.6 is 11.3 Å². The van der Waals surface area contributed by atoms with Crippen LogP contribution in [0.5, 0.6) is 0 Å². The SMILES string of the molecule is NC(N)=NC(=O)C1=CC(O)C2=c3ccsc3=CC2=C1. The van der Waals surface area contributed by atoms with Gasteiger partial charge >= 0.3 is 0 Å². The number of amides is 1. The third kappa shape index (κ3) is 1.91. The Kier molecular flexibility index (Phi) is 2.62. The van der Waals surface area contributed by atoms with Crippen molar-refractivity contribution < 1.29 is 9.90 Å². The van der Waals surface area contributed by atoms with Crippen LogP contribution in [0.15, 0.2) is 39.7 Å². The van der Waals surface area contributed by atoms with Crippen LogP contribution in [0.1, 0.15) is 0 Å². The van der Waals surface area contributed by atoms with E-state index in [-0.39, 0.29) is 5.96 Å². The summed E-state index contributed by atoms with van der Waals surface area (Å²) >= 11 is 1.60. The Labute approximate surface area is 112 Å². The monoisotopic (exact) mass is 273 g/mol. The lowest BCUT2D eigenvalue weighted by molar-refractivity contribution is -0.114. The van der Waals surface area contributed by atoms with Crippen molar-refractivity contribution in [3.63, 3.8) is 0 Å². The topological polar surface area (TPSA) is 102 Å². The lowest BCUT2D eigenvalue weighted by Crippen LogP contribution is -2.26. The molecule has 3 rings (SSSR count). The minimum Gasteiger partial charge on any atom is -0.384 e. The molecular formula is C13H11N3O2S. The number of nitrogens with two attached hydrogens (primary N) is 2. The van der Waals surface area contributed by atoms with Gasteiger partial charge in [-0.2, -0.15) is 4.99 Å². The molecule has 1 aromatic heterocycles. The number of carbonyl (C=O) groups is 1. The summed E-state index contributed by atoms with van der Waals surface area (Å²) in [6, 6.07) is 1.96. The molecule has 6 heteroatoms. The first-order valence-electron chi connectivity index (χ1n) is 5.61. The van der Waals surface area contributed by atoms with Gasteiger partial charge in [0.1, 0.15) is 0 Å². The first kappa shape index (κ1) is 11.9. The van der Waals surface area contributed by atoms with E-state index in [0.29, 0.717) is 5.57 Å². The summed E-state index contributed by atoms with van der Waals surface area (Å²) in [7, 11) is 0. The van der Waals surface area contributed by atoms with E-state index in [2.05, 4.69) is 4.99 Å². The molecule has 0 fully saturated rings. The molecule has 1 heterocycles. The summed E-state index contributed by atoms with van der Waals surface area (Å²) < 4.78 is 1.09. The van der Waals surface area contributed by atoms with E-state index < -0.39 is 12.0 Å². The maximum Gasteiger partial charge on any atom is 0.279 e. The molecule has 0 saturated carbocycles. The van der Waals surface area contributed by atoms with E-state index in [1.54, 1.807) is 17.4 Å². The molecule has 0 bridgehead atoms. The second-order valence-electron chi connectivity index (χ2n) is 4.26. The van der Waals surface area contributed by atoms with E-state index in [1.165, 1.54) is 6.08 Å². The van der Waals surface area contributed by atoms with Crippen molar-refractivity contribution >= 4 is 34.9 Å². The Morgan fingerprint density at radius 1 is 1.37 bits per heavy atom. The smallest absolute Gasteiger partial charge is 0.279 e. The molecule has 1 amide bonds. The average molecular weight is 273 g/mol. The molecular weight excluding hydrogens is 262 g/mol. The van der Waals surface area contributed by atoms with Gasteiger partial charge in [0.15, 0.2) is 5.96 Å². The molecule has 2 aliphatic carbocycles. The summed E-state index contributed by atoms with van der Waals surface area (Å²) in [6.07, 6.45) is 4.30. The molecule has 1 unspecified atom stereocenters. The highest BCUT2D eigenvalue weighted by Crippen LogP contribution is 2.27. The normalized spacial score (nSPS) is 19.8. The van der Waals surface area contributed by atoms with Crippen LogP contribution in [0.4, 0.5) is 0 Å². The lowest BCUT2D eigenvalue weighted by Gasteiger charge is -2.16. The van der Waals surface area contributed by atoms with Gasteiger partial charge < -0.3 is 16.6 Å². The number of fused-ring (bicyclic) bond motifs is 2. The van der Waals surface area contributed by atoms with E-state index in [0.717, 1.165) is 20.9 Å². The van der Waals surface area contributed by atoms with E-state index in [4.69, 9.17) is 11.5 Å². The van der Waals surface area contributed by atoms with Crippen molar-refractivity contribution in [2.45, 2.75) is 6.10 Å². The molecule has 5 N–H and O–H groups in total. The summed E-state index contributed by atoms with van der Waals surface area (Å²) in [5.41, 5.74) is 12.3. The zero-order valence-corrected chi connectivity index (χ0v) is 10.6. The number of rotatable bonds is 1. The van der Waals surface area contributed by atoms with E-state index in [1.807, 2.05) is 17.5 Å². The molecule has 1 atom stereocenters. The zero-order valence-electron chi connectivity index (χ0n) is 9.83. The second-order valence-corrected chi connectivity index (χ2v) is 5.21. The molecule has 0 radical (unpaired) electrons. The summed E-state index contributed by atoms with van der Waals surface area (Å²) in [5, 5.41) is 13.2. The minimum atomic E-state index is -0.819. The summed E-state index contributed by atoms with van der Waals surface area (Å²) in [6.45, 7) is 0. The number of thiophene rings is 1. The third-order valence-electron chi connectivity index (χ3n) is 3.00. The van der Waals surface area contributed by atoms with Gasteiger partial charge in [-0.15, -0.1) is 11.3 Å². The number of aliphatic imine (C=N–C) groups is 1. The first-order valence-corrected chi connectivity index (χ1v) is 6.49. The van der Waals surface area contributed by atoms with Crippen molar-refractivity contribution in [1.82, 2.24) is 0 Å². The predicted molar refractivity (Wildman–Crippen MR) is 74.4 cm³/mol. The Balaban J connectivity index is 2.08. The molecule has 0 aromatic carbocycles. The lowest BCUT2D eigenvalue weighted by atomic mass is 9.93. The fourth-order valence-corrected chi connectivity index (χ4v) is 3.11. The molecule has 5 nitrogen and oxygen atoms in total. The van der Waals surface area contributed by atoms with Crippen molar-refractivity contribution in [1.29, 1.82) is 0 Å². The number of aliphatic hydroxyl groups is 1. The molecule has 0 aliphatic heterocycles. The number of guanidine groups is 1. The molecule has 0 spiro atoms. The largest absolute Gasteiger partial charge is 0.384 e. The molecule has 0 saturated heterocycles. The van der Waals surface area contributed by atoms with Gasteiger partial charge in [-0.05, 0) is 40.5 Å². The van der Waals surface area contributed by atoms with Crippen molar-refractivity contribution in [3.8, 4) is 0 Å². The van der Waals surface area contributed by atoms with Crippen LogP contribution in [0.3, 0.4) is 0 Å². The molecule has 1 aromatic rings. The van der Waals surface area contributed by atoms with Crippen LogP contribution in [0.2, 0.25) is 0 Å². The van der Waals surface area contributed by atoms with Crippen molar-refractivity contribution in [2.24, 2.45) is 16.5 Å². The average Bonchev–Trinajstić information content (AvgIpc) is 2.86. The minimum absolute atomic E-state index is 0.289. The number of nitrogens with zero attached hydrogens (tertiary/aromatic N) is 1. The van der Waals surface area contributed by atoms with Crippen LogP contribution in [-0.2, 0) is 4.79 Å². The molecule has 96 valence electrons. The van der Waals surface area contributed by atoms with Crippen molar-refractivity contribution in [3.05, 3.63) is 44.5 Å². The number of aliphatic hydroxyl groups excluding tert-OH is 1. The maximum atomic E-state index is 11.8. The zero-order chi connectivity index (χ0) is 13.6. The van der Waals surface area contributed by atoms with Crippen LogP contribution < -0.4 is 21.2 Å². The molecule has 2 aliphatic rings.